The van der Waals surface area contributed by atoms with Crippen LogP contribution in [0.1, 0.15) is 28.4 Å². The molecule has 2 saturated heterocycles. The summed E-state index contributed by atoms with van der Waals surface area (Å²) in [6, 6.07) is 9.84. The molecule has 0 spiro atoms. The van der Waals surface area contributed by atoms with E-state index in [4.69, 9.17) is 9.15 Å². The third-order valence-corrected chi connectivity index (χ3v) is 5.01. The summed E-state index contributed by atoms with van der Waals surface area (Å²) in [5, 5.41) is 0. The summed E-state index contributed by atoms with van der Waals surface area (Å²) in [5.41, 5.74) is 1.98. The predicted octanol–water partition coefficient (Wildman–Crippen LogP) is 2.10. The number of hydrogen-bond acceptors (Lipinski definition) is 5. The number of amides is 1. The summed E-state index contributed by atoms with van der Waals surface area (Å²) >= 11 is 0. The van der Waals surface area contributed by atoms with Gasteiger partial charge in [-0.25, -0.2) is 0 Å². The van der Waals surface area contributed by atoms with E-state index >= 15 is 0 Å². The average Bonchev–Trinajstić information content (AvgIpc) is 3.28. The lowest BCUT2D eigenvalue weighted by atomic mass is 10.1. The fourth-order valence-corrected chi connectivity index (χ4v) is 3.74. The fraction of sp³-hybridized carbons (Fsp3) is 0.474. The lowest BCUT2D eigenvalue weighted by Crippen LogP contribution is -2.52. The van der Waals surface area contributed by atoms with Crippen molar-refractivity contribution in [3.05, 3.63) is 53.7 Å². The summed E-state index contributed by atoms with van der Waals surface area (Å²) in [4.78, 5) is 21.3. The fourth-order valence-electron chi connectivity index (χ4n) is 3.74. The van der Waals surface area contributed by atoms with E-state index in [0.29, 0.717) is 18.4 Å². The molecular weight excluding hydrogens is 318 g/mol. The van der Waals surface area contributed by atoms with Gasteiger partial charge in [-0.2, -0.15) is 0 Å². The van der Waals surface area contributed by atoms with E-state index in [-0.39, 0.29) is 12.0 Å². The lowest BCUT2D eigenvalue weighted by molar-refractivity contribution is 0.0431. The molecule has 0 saturated carbocycles. The van der Waals surface area contributed by atoms with Crippen molar-refractivity contribution < 1.29 is 13.9 Å². The van der Waals surface area contributed by atoms with Crippen molar-refractivity contribution in [2.75, 3.05) is 26.2 Å². The van der Waals surface area contributed by atoms with Crippen molar-refractivity contribution in [2.24, 2.45) is 0 Å². The molecule has 4 rings (SSSR count). The molecule has 6 heteroatoms. The molecule has 6 nitrogen and oxygen atoms in total. The second-order valence-electron chi connectivity index (χ2n) is 6.82. The van der Waals surface area contributed by atoms with Crippen LogP contribution in [0, 0.1) is 6.92 Å². The normalized spacial score (nSPS) is 23.6. The SMILES string of the molecule is Cc1cccc(CO[C@@H]2C[C@H]3CN(C(=O)c4ccco4)CCN3C2)n1. The number of carbonyl (C=O) groups excluding carboxylic acids is 1. The molecule has 2 aliphatic heterocycles. The summed E-state index contributed by atoms with van der Waals surface area (Å²) in [7, 11) is 0. The molecule has 0 aromatic carbocycles. The van der Waals surface area contributed by atoms with Gasteiger partial charge in [-0.3, -0.25) is 14.7 Å². The molecule has 0 bridgehead atoms. The molecule has 2 atom stereocenters. The van der Waals surface area contributed by atoms with Crippen LogP contribution in [0.15, 0.2) is 41.0 Å². The Morgan fingerprint density at radius 1 is 1.28 bits per heavy atom. The van der Waals surface area contributed by atoms with Crippen molar-refractivity contribution in [3.63, 3.8) is 0 Å². The minimum absolute atomic E-state index is 0.0158. The van der Waals surface area contributed by atoms with E-state index in [2.05, 4.69) is 9.88 Å². The molecule has 2 aromatic rings. The minimum Gasteiger partial charge on any atom is -0.459 e. The van der Waals surface area contributed by atoms with E-state index in [1.54, 1.807) is 18.4 Å². The van der Waals surface area contributed by atoms with E-state index in [1.165, 1.54) is 0 Å². The van der Waals surface area contributed by atoms with Gasteiger partial charge in [0.25, 0.3) is 5.91 Å². The Morgan fingerprint density at radius 3 is 3.00 bits per heavy atom. The minimum atomic E-state index is -0.0158. The zero-order valence-electron chi connectivity index (χ0n) is 14.4. The predicted molar refractivity (Wildman–Crippen MR) is 92.1 cm³/mol. The quantitative estimate of drug-likeness (QED) is 0.852. The van der Waals surface area contributed by atoms with Crippen LogP contribution in [-0.2, 0) is 11.3 Å². The summed E-state index contributed by atoms with van der Waals surface area (Å²) in [6.07, 6.45) is 2.70. The highest BCUT2D eigenvalue weighted by Gasteiger charge is 2.38. The standard InChI is InChI=1S/C19H23N3O3/c1-14-4-2-5-15(20-14)13-25-17-10-16-11-22(8-7-21(16)12-17)19(23)18-6-3-9-24-18/h2-6,9,16-17H,7-8,10-13H2,1H3/t16-,17+/m0/s1. The molecule has 0 aliphatic carbocycles. The molecule has 25 heavy (non-hydrogen) atoms. The monoisotopic (exact) mass is 341 g/mol. The summed E-state index contributed by atoms with van der Waals surface area (Å²) in [6.45, 7) is 5.83. The molecular formula is C19H23N3O3. The number of aromatic nitrogens is 1. The van der Waals surface area contributed by atoms with Crippen LogP contribution in [0.4, 0.5) is 0 Å². The van der Waals surface area contributed by atoms with Gasteiger partial charge in [0, 0.05) is 37.9 Å². The number of rotatable bonds is 4. The second kappa shape index (κ2) is 6.98. The maximum atomic E-state index is 12.4. The Hall–Kier alpha value is -2.18. The molecule has 2 fully saturated rings. The molecule has 0 N–H and O–H groups in total. The zero-order chi connectivity index (χ0) is 17.2. The van der Waals surface area contributed by atoms with Gasteiger partial charge in [0.2, 0.25) is 0 Å². The summed E-state index contributed by atoms with van der Waals surface area (Å²) in [5.74, 6) is 0.405. The maximum absolute atomic E-state index is 12.4. The van der Waals surface area contributed by atoms with Gasteiger partial charge in [-0.1, -0.05) is 6.07 Å². The van der Waals surface area contributed by atoms with Crippen LogP contribution in [0.25, 0.3) is 0 Å². The Bertz CT molecular complexity index is 731. The van der Waals surface area contributed by atoms with Gasteiger partial charge in [0.1, 0.15) is 0 Å². The Labute approximate surface area is 147 Å². The number of nitrogens with zero attached hydrogens (tertiary/aromatic N) is 3. The van der Waals surface area contributed by atoms with Crippen LogP contribution in [-0.4, -0.2) is 59.0 Å². The molecule has 2 aromatic heterocycles. The number of furan rings is 1. The number of hydrogen-bond donors (Lipinski definition) is 0. The number of fused-ring (bicyclic) bond motifs is 1. The van der Waals surface area contributed by atoms with Gasteiger partial charge < -0.3 is 14.1 Å². The van der Waals surface area contributed by atoms with Crippen LogP contribution >= 0.6 is 0 Å². The van der Waals surface area contributed by atoms with Gasteiger partial charge in [-0.15, -0.1) is 0 Å². The Morgan fingerprint density at radius 2 is 2.20 bits per heavy atom. The maximum Gasteiger partial charge on any atom is 0.289 e. The first-order valence-corrected chi connectivity index (χ1v) is 8.80. The van der Waals surface area contributed by atoms with Crippen LogP contribution in [0.5, 0.6) is 0 Å². The molecule has 0 radical (unpaired) electrons. The smallest absolute Gasteiger partial charge is 0.289 e. The molecule has 1 amide bonds. The van der Waals surface area contributed by atoms with Crippen molar-refractivity contribution in [2.45, 2.75) is 32.1 Å². The van der Waals surface area contributed by atoms with Crippen molar-refractivity contribution in [1.82, 2.24) is 14.8 Å². The Balaban J connectivity index is 1.32. The number of pyridine rings is 1. The second-order valence-corrected chi connectivity index (χ2v) is 6.82. The molecule has 0 unspecified atom stereocenters. The van der Waals surface area contributed by atoms with E-state index in [0.717, 1.165) is 44.0 Å². The first kappa shape index (κ1) is 16.3. The first-order chi connectivity index (χ1) is 12.2. The average molecular weight is 341 g/mol. The third-order valence-electron chi connectivity index (χ3n) is 5.01. The van der Waals surface area contributed by atoms with E-state index in [1.807, 2.05) is 30.0 Å². The van der Waals surface area contributed by atoms with E-state index < -0.39 is 0 Å². The topological polar surface area (TPSA) is 58.8 Å². The highest BCUT2D eigenvalue weighted by Crippen LogP contribution is 2.25. The van der Waals surface area contributed by atoms with Gasteiger partial charge >= 0.3 is 0 Å². The number of carbonyl (C=O) groups is 1. The zero-order valence-corrected chi connectivity index (χ0v) is 14.4. The Kier molecular flexibility index (Phi) is 4.55. The van der Waals surface area contributed by atoms with E-state index in [9.17, 15) is 4.79 Å². The lowest BCUT2D eigenvalue weighted by Gasteiger charge is -2.36. The summed E-state index contributed by atoms with van der Waals surface area (Å²) < 4.78 is 11.3. The van der Waals surface area contributed by atoms with Gasteiger partial charge in [0.15, 0.2) is 5.76 Å². The van der Waals surface area contributed by atoms with Gasteiger partial charge in [-0.05, 0) is 37.6 Å². The largest absolute Gasteiger partial charge is 0.459 e. The highest BCUT2D eigenvalue weighted by molar-refractivity contribution is 5.91. The highest BCUT2D eigenvalue weighted by atomic mass is 16.5. The molecule has 2 aliphatic rings. The molecule has 4 heterocycles. The van der Waals surface area contributed by atoms with Gasteiger partial charge in [0.05, 0.1) is 24.7 Å². The van der Waals surface area contributed by atoms with Crippen molar-refractivity contribution in [3.8, 4) is 0 Å². The van der Waals surface area contributed by atoms with Crippen LogP contribution in [0.3, 0.4) is 0 Å². The molecule has 132 valence electrons. The van der Waals surface area contributed by atoms with Crippen LogP contribution in [0.2, 0.25) is 0 Å². The first-order valence-electron chi connectivity index (χ1n) is 8.80. The van der Waals surface area contributed by atoms with Crippen molar-refractivity contribution in [1.29, 1.82) is 0 Å². The number of aryl methyl sites for hydroxylation is 1. The number of ether oxygens (including phenoxy) is 1. The van der Waals surface area contributed by atoms with Crippen LogP contribution < -0.4 is 0 Å². The van der Waals surface area contributed by atoms with Crippen molar-refractivity contribution >= 4 is 5.91 Å². The third kappa shape index (κ3) is 3.60. The number of piperazine rings is 1.